The molecular weight excluding hydrogens is 465 g/mol. The Balaban J connectivity index is 1.52. The number of likely N-dealkylation sites (tertiary alicyclic amines) is 1. The van der Waals surface area contributed by atoms with Gasteiger partial charge in [-0.25, -0.2) is 13.2 Å². The van der Waals surface area contributed by atoms with Crippen LogP contribution in [0.25, 0.3) is 11.1 Å². The van der Waals surface area contributed by atoms with Gasteiger partial charge in [-0.3, -0.25) is 9.59 Å². The number of hydrogen-bond acceptors (Lipinski definition) is 2. The van der Waals surface area contributed by atoms with Crippen molar-refractivity contribution in [2.75, 3.05) is 13.6 Å². The van der Waals surface area contributed by atoms with Gasteiger partial charge < -0.3 is 10.2 Å². The summed E-state index contributed by atoms with van der Waals surface area (Å²) in [5.74, 6) is -1.74. The fraction of sp³-hybridized carbons (Fsp3) is 0.310. The van der Waals surface area contributed by atoms with Gasteiger partial charge in [-0.1, -0.05) is 36.4 Å². The van der Waals surface area contributed by atoms with Crippen LogP contribution in [0.1, 0.15) is 49.8 Å². The van der Waals surface area contributed by atoms with Crippen molar-refractivity contribution in [3.63, 3.8) is 0 Å². The van der Waals surface area contributed by atoms with Gasteiger partial charge in [0.2, 0.25) is 11.8 Å². The quantitative estimate of drug-likeness (QED) is 0.443. The lowest BCUT2D eigenvalue weighted by Crippen LogP contribution is -2.47. The number of benzene rings is 3. The smallest absolute Gasteiger partial charge is 0.223 e. The van der Waals surface area contributed by atoms with Crippen LogP contribution in [0.5, 0.6) is 0 Å². The summed E-state index contributed by atoms with van der Waals surface area (Å²) in [6.45, 7) is 2.43. The van der Waals surface area contributed by atoms with Crippen LogP contribution in [0.4, 0.5) is 13.2 Å². The van der Waals surface area contributed by atoms with Gasteiger partial charge in [-0.15, -0.1) is 0 Å². The minimum Gasteiger partial charge on any atom is -0.359 e. The van der Waals surface area contributed by atoms with E-state index >= 15 is 0 Å². The molecule has 1 aliphatic heterocycles. The van der Waals surface area contributed by atoms with E-state index in [1.165, 1.54) is 24.3 Å². The average molecular weight is 495 g/mol. The van der Waals surface area contributed by atoms with Crippen LogP contribution in [0.15, 0.2) is 66.7 Å². The number of halogens is 3. The molecule has 1 fully saturated rings. The van der Waals surface area contributed by atoms with E-state index in [0.29, 0.717) is 30.5 Å². The van der Waals surface area contributed by atoms with Crippen molar-refractivity contribution in [2.24, 2.45) is 0 Å². The highest BCUT2D eigenvalue weighted by atomic mass is 19.1. The van der Waals surface area contributed by atoms with E-state index in [2.05, 4.69) is 5.32 Å². The molecule has 2 atom stereocenters. The molecule has 0 radical (unpaired) electrons. The first kappa shape index (κ1) is 25.5. The first-order valence-electron chi connectivity index (χ1n) is 12.0. The Kier molecular flexibility index (Phi) is 7.48. The topological polar surface area (TPSA) is 49.4 Å². The predicted octanol–water partition coefficient (Wildman–Crippen LogP) is 5.92. The Morgan fingerprint density at radius 3 is 2.28 bits per heavy atom. The molecular formula is C29H29F3N2O2. The molecule has 3 aromatic rings. The first-order chi connectivity index (χ1) is 17.2. The minimum atomic E-state index is -0.629. The van der Waals surface area contributed by atoms with Crippen LogP contribution >= 0.6 is 0 Å². The Morgan fingerprint density at radius 2 is 1.67 bits per heavy atom. The van der Waals surface area contributed by atoms with Gasteiger partial charge in [0.1, 0.15) is 17.5 Å². The SMILES string of the molecule is CNC(=O)CC[C@]1(c2ccc(F)cc2)CCN([C@@H](C)c2ccc(-c3ccc(F)cc3F)cc2)C(=O)C1. The molecule has 4 nitrogen and oxygen atoms in total. The van der Waals surface area contributed by atoms with Gasteiger partial charge in [-0.05, 0) is 60.7 Å². The maximum absolute atomic E-state index is 14.2. The van der Waals surface area contributed by atoms with E-state index in [9.17, 15) is 22.8 Å². The highest BCUT2D eigenvalue weighted by molar-refractivity contribution is 5.80. The van der Waals surface area contributed by atoms with Crippen molar-refractivity contribution in [1.82, 2.24) is 10.2 Å². The molecule has 7 heteroatoms. The second-order valence-electron chi connectivity index (χ2n) is 9.40. The van der Waals surface area contributed by atoms with Crippen LogP contribution in [-0.4, -0.2) is 30.3 Å². The van der Waals surface area contributed by atoms with Gasteiger partial charge in [0, 0.05) is 43.5 Å². The summed E-state index contributed by atoms with van der Waals surface area (Å²) in [7, 11) is 1.58. The number of nitrogens with one attached hydrogen (secondary N) is 1. The monoisotopic (exact) mass is 494 g/mol. The summed E-state index contributed by atoms with van der Waals surface area (Å²) in [5.41, 5.74) is 2.15. The van der Waals surface area contributed by atoms with Crippen LogP contribution < -0.4 is 5.32 Å². The third-order valence-electron chi connectivity index (χ3n) is 7.31. The van der Waals surface area contributed by atoms with Crippen molar-refractivity contribution in [2.45, 2.75) is 44.1 Å². The fourth-order valence-corrected chi connectivity index (χ4v) is 5.08. The van der Waals surface area contributed by atoms with Crippen LogP contribution in [0, 0.1) is 17.5 Å². The number of rotatable bonds is 7. The lowest BCUT2D eigenvalue weighted by Gasteiger charge is -2.44. The standard InChI is InChI=1S/C29H29F3N2O2/c1-19(20-3-5-21(6-4-20)25-12-11-24(31)17-26(25)32)34-16-15-29(18-28(34)36,14-13-27(35)33-2)22-7-9-23(30)10-8-22/h3-12,17,19H,13-16,18H2,1-2H3,(H,33,35)/t19-,29-/m0/s1. The Labute approximate surface area is 209 Å². The lowest BCUT2D eigenvalue weighted by molar-refractivity contribution is -0.139. The van der Waals surface area contributed by atoms with Gasteiger partial charge in [0.05, 0.1) is 6.04 Å². The highest BCUT2D eigenvalue weighted by Gasteiger charge is 2.41. The Morgan fingerprint density at radius 1 is 1.00 bits per heavy atom. The molecule has 3 aromatic carbocycles. The van der Waals surface area contributed by atoms with Crippen LogP contribution in [0.3, 0.4) is 0 Å². The molecule has 2 amide bonds. The number of carbonyl (C=O) groups is 2. The third kappa shape index (κ3) is 5.30. The number of carbonyl (C=O) groups excluding carboxylic acids is 2. The summed E-state index contributed by atoms with van der Waals surface area (Å²) in [5, 5.41) is 2.63. The highest BCUT2D eigenvalue weighted by Crippen LogP contribution is 2.42. The molecule has 1 N–H and O–H groups in total. The molecule has 188 valence electrons. The zero-order chi connectivity index (χ0) is 25.9. The fourth-order valence-electron chi connectivity index (χ4n) is 5.08. The van der Waals surface area contributed by atoms with Crippen molar-refractivity contribution in [3.05, 3.63) is 95.3 Å². The summed E-state index contributed by atoms with van der Waals surface area (Å²) in [6, 6.07) is 16.7. The van der Waals surface area contributed by atoms with E-state index in [-0.39, 0.29) is 36.5 Å². The molecule has 0 spiro atoms. The van der Waals surface area contributed by atoms with Crippen molar-refractivity contribution < 1.29 is 22.8 Å². The van der Waals surface area contributed by atoms with E-state index in [1.54, 1.807) is 31.3 Å². The molecule has 4 rings (SSSR count). The molecule has 1 aliphatic rings. The van der Waals surface area contributed by atoms with Gasteiger partial charge in [0.15, 0.2) is 0 Å². The molecule has 0 aliphatic carbocycles. The Hall–Kier alpha value is -3.61. The zero-order valence-corrected chi connectivity index (χ0v) is 20.4. The minimum absolute atomic E-state index is 0.0383. The van der Waals surface area contributed by atoms with E-state index in [1.807, 2.05) is 24.0 Å². The number of amides is 2. The van der Waals surface area contributed by atoms with Gasteiger partial charge in [-0.2, -0.15) is 0 Å². The molecule has 0 saturated carbocycles. The normalized spacial score (nSPS) is 18.7. The van der Waals surface area contributed by atoms with Crippen LogP contribution in [0.2, 0.25) is 0 Å². The van der Waals surface area contributed by atoms with Crippen LogP contribution in [-0.2, 0) is 15.0 Å². The summed E-state index contributed by atoms with van der Waals surface area (Å²) in [4.78, 5) is 27.2. The maximum Gasteiger partial charge on any atom is 0.223 e. The lowest BCUT2D eigenvalue weighted by atomic mass is 9.69. The summed E-state index contributed by atoms with van der Waals surface area (Å²) in [6.07, 6.45) is 1.63. The molecule has 0 bridgehead atoms. The second kappa shape index (κ2) is 10.6. The first-order valence-corrected chi connectivity index (χ1v) is 12.0. The second-order valence-corrected chi connectivity index (χ2v) is 9.40. The summed E-state index contributed by atoms with van der Waals surface area (Å²) >= 11 is 0. The number of piperidine rings is 1. The van der Waals surface area contributed by atoms with Gasteiger partial charge >= 0.3 is 0 Å². The molecule has 36 heavy (non-hydrogen) atoms. The van der Waals surface area contributed by atoms with Crippen molar-refractivity contribution >= 4 is 11.8 Å². The van der Waals surface area contributed by atoms with Crippen molar-refractivity contribution in [3.8, 4) is 11.1 Å². The largest absolute Gasteiger partial charge is 0.359 e. The van der Waals surface area contributed by atoms with Gasteiger partial charge in [0.25, 0.3) is 0 Å². The molecule has 1 heterocycles. The number of nitrogens with zero attached hydrogens (tertiary/aromatic N) is 1. The maximum atomic E-state index is 14.2. The predicted molar refractivity (Wildman–Crippen MR) is 133 cm³/mol. The third-order valence-corrected chi connectivity index (χ3v) is 7.31. The molecule has 1 saturated heterocycles. The summed E-state index contributed by atoms with van der Waals surface area (Å²) < 4.78 is 41.0. The van der Waals surface area contributed by atoms with Crippen molar-refractivity contribution in [1.29, 1.82) is 0 Å². The van der Waals surface area contributed by atoms with E-state index < -0.39 is 17.0 Å². The molecule has 0 unspecified atom stereocenters. The number of hydrogen-bond donors (Lipinski definition) is 1. The van der Waals surface area contributed by atoms with E-state index in [4.69, 9.17) is 0 Å². The van der Waals surface area contributed by atoms with E-state index in [0.717, 1.165) is 17.2 Å². The zero-order valence-electron chi connectivity index (χ0n) is 20.4. The molecule has 0 aromatic heterocycles. The average Bonchev–Trinajstić information content (AvgIpc) is 2.87. The Bertz CT molecular complexity index is 1240.